The predicted octanol–water partition coefficient (Wildman–Crippen LogP) is 3.12. The fourth-order valence-electron chi connectivity index (χ4n) is 2.87. The van der Waals surface area contributed by atoms with Gasteiger partial charge in [0.1, 0.15) is 5.82 Å². The topological polar surface area (TPSA) is 62.5 Å². The Kier molecular flexibility index (Phi) is 4.73. The van der Waals surface area contributed by atoms with E-state index in [0.29, 0.717) is 5.92 Å². The number of aliphatic hydroxyl groups is 1. The van der Waals surface area contributed by atoms with Gasteiger partial charge < -0.3 is 10.4 Å². The summed E-state index contributed by atoms with van der Waals surface area (Å²) < 4.78 is 1.93. The summed E-state index contributed by atoms with van der Waals surface area (Å²) in [7, 11) is 0. The van der Waals surface area contributed by atoms with E-state index in [9.17, 15) is 5.11 Å². The smallest absolute Gasteiger partial charge is 0.154 e. The van der Waals surface area contributed by atoms with E-state index in [1.807, 2.05) is 22.8 Å². The van der Waals surface area contributed by atoms with Gasteiger partial charge in [-0.15, -0.1) is 5.10 Å². The second kappa shape index (κ2) is 6.92. The van der Waals surface area contributed by atoms with Crippen molar-refractivity contribution < 1.29 is 5.11 Å². The van der Waals surface area contributed by atoms with E-state index in [1.165, 1.54) is 12.0 Å². The highest BCUT2D eigenvalue weighted by Gasteiger charge is 2.17. The van der Waals surface area contributed by atoms with Gasteiger partial charge in [-0.05, 0) is 49.3 Å². The van der Waals surface area contributed by atoms with Crippen LogP contribution in [0.1, 0.15) is 44.7 Å². The Hall–Kier alpha value is -1.88. The van der Waals surface area contributed by atoms with Gasteiger partial charge in [0.25, 0.3) is 0 Å². The number of nitrogens with zero attached hydrogens (tertiary/aromatic N) is 3. The quantitative estimate of drug-likeness (QED) is 0.805. The molecule has 22 heavy (non-hydrogen) atoms. The van der Waals surface area contributed by atoms with Crippen molar-refractivity contribution in [2.24, 2.45) is 5.92 Å². The minimum absolute atomic E-state index is 0.278. The zero-order chi connectivity index (χ0) is 15.4. The van der Waals surface area contributed by atoms with E-state index >= 15 is 0 Å². The fourth-order valence-corrected chi connectivity index (χ4v) is 2.87. The molecule has 0 spiro atoms. The average Bonchev–Trinajstić information content (AvgIpc) is 2.98. The number of rotatable bonds is 6. The molecule has 2 heterocycles. The van der Waals surface area contributed by atoms with Crippen LogP contribution in [0.3, 0.4) is 0 Å². The number of allylic oxidation sites excluding steroid dienone is 2. The lowest BCUT2D eigenvalue weighted by Crippen LogP contribution is -2.11. The van der Waals surface area contributed by atoms with Crippen LogP contribution < -0.4 is 5.32 Å². The van der Waals surface area contributed by atoms with Crippen molar-refractivity contribution in [2.45, 2.75) is 39.0 Å². The number of fused-ring (bicyclic) bond motifs is 1. The first-order valence-electron chi connectivity index (χ1n) is 8.20. The summed E-state index contributed by atoms with van der Waals surface area (Å²) in [6.45, 7) is 3.40. The zero-order valence-corrected chi connectivity index (χ0v) is 13.1. The van der Waals surface area contributed by atoms with Crippen LogP contribution in [0.4, 0.5) is 5.82 Å². The first-order valence-corrected chi connectivity index (χ1v) is 8.20. The van der Waals surface area contributed by atoms with Gasteiger partial charge in [-0.1, -0.05) is 19.4 Å². The molecule has 0 saturated carbocycles. The fraction of sp³-hybridized carbons (Fsp3) is 0.529. The summed E-state index contributed by atoms with van der Waals surface area (Å²) >= 11 is 0. The molecule has 5 heteroatoms. The van der Waals surface area contributed by atoms with Crippen molar-refractivity contribution in [1.29, 1.82) is 0 Å². The lowest BCUT2D eigenvalue weighted by molar-refractivity contribution is 0.218. The number of aromatic nitrogens is 3. The van der Waals surface area contributed by atoms with E-state index in [-0.39, 0.29) is 6.61 Å². The van der Waals surface area contributed by atoms with Crippen molar-refractivity contribution in [1.82, 2.24) is 14.6 Å². The maximum absolute atomic E-state index is 9.25. The number of hydrogen-bond donors (Lipinski definition) is 2. The molecular formula is C17H24N4O. The minimum Gasteiger partial charge on any atom is -0.396 e. The first kappa shape index (κ1) is 15.0. The van der Waals surface area contributed by atoms with E-state index < -0.39 is 0 Å². The summed E-state index contributed by atoms with van der Waals surface area (Å²) in [6.07, 6.45) is 9.40. The molecule has 0 bridgehead atoms. The van der Waals surface area contributed by atoms with Gasteiger partial charge in [-0.25, -0.2) is 9.50 Å². The molecule has 0 amide bonds. The van der Waals surface area contributed by atoms with Crippen molar-refractivity contribution in [3.8, 4) is 0 Å². The van der Waals surface area contributed by atoms with Crippen molar-refractivity contribution >= 4 is 17.0 Å². The van der Waals surface area contributed by atoms with Gasteiger partial charge in [-0.2, -0.15) is 0 Å². The van der Waals surface area contributed by atoms with Gasteiger partial charge in [0.15, 0.2) is 5.65 Å². The Morgan fingerprint density at radius 3 is 3.05 bits per heavy atom. The average molecular weight is 300 g/mol. The highest BCUT2D eigenvalue weighted by Crippen LogP contribution is 2.30. The van der Waals surface area contributed by atoms with E-state index in [1.54, 1.807) is 0 Å². The van der Waals surface area contributed by atoms with Crippen LogP contribution in [0.5, 0.6) is 0 Å². The van der Waals surface area contributed by atoms with Crippen LogP contribution in [0, 0.1) is 5.92 Å². The Bertz CT molecular complexity index is 662. The number of aliphatic hydroxyl groups excluding tert-OH is 1. The second-order valence-corrected chi connectivity index (χ2v) is 5.96. The van der Waals surface area contributed by atoms with E-state index in [0.717, 1.165) is 49.4 Å². The number of nitrogens with one attached hydrogen (secondary N) is 1. The van der Waals surface area contributed by atoms with Crippen molar-refractivity contribution in [3.05, 3.63) is 30.1 Å². The lowest BCUT2D eigenvalue weighted by atomic mass is 9.89. The Balaban J connectivity index is 1.84. The van der Waals surface area contributed by atoms with Crippen LogP contribution >= 0.6 is 0 Å². The maximum atomic E-state index is 9.25. The Morgan fingerprint density at radius 1 is 1.41 bits per heavy atom. The predicted molar refractivity (Wildman–Crippen MR) is 88.8 cm³/mol. The first-order chi connectivity index (χ1) is 10.8. The van der Waals surface area contributed by atoms with Gasteiger partial charge in [0.2, 0.25) is 0 Å². The van der Waals surface area contributed by atoms with Gasteiger partial charge >= 0.3 is 0 Å². The SMILES string of the molecule is CCCCNc1ccc2ncc(C3=CCC(CO)CC3)n2n1. The number of unbranched alkanes of at least 4 members (excludes halogenated alkanes) is 1. The molecule has 0 saturated heterocycles. The molecular weight excluding hydrogens is 276 g/mol. The molecule has 118 valence electrons. The monoisotopic (exact) mass is 300 g/mol. The van der Waals surface area contributed by atoms with Crippen LogP contribution in [0.2, 0.25) is 0 Å². The largest absolute Gasteiger partial charge is 0.396 e. The van der Waals surface area contributed by atoms with Gasteiger partial charge in [0, 0.05) is 13.2 Å². The summed E-state index contributed by atoms with van der Waals surface area (Å²) in [5, 5.41) is 17.3. The van der Waals surface area contributed by atoms with Gasteiger partial charge in [0.05, 0.1) is 11.9 Å². The standard InChI is InChI=1S/C17H24N4O/c1-2-3-10-18-16-8-9-17-19-11-15(21(17)20-16)14-6-4-13(12-22)5-7-14/h6,8-9,11,13,22H,2-5,7,10,12H2,1H3,(H,18,20). The third kappa shape index (κ3) is 3.14. The third-order valence-electron chi connectivity index (χ3n) is 4.31. The number of anilines is 1. The molecule has 0 radical (unpaired) electrons. The molecule has 3 rings (SSSR count). The van der Waals surface area contributed by atoms with Crippen molar-refractivity contribution in [2.75, 3.05) is 18.5 Å². The van der Waals surface area contributed by atoms with Gasteiger partial charge in [-0.3, -0.25) is 0 Å². The third-order valence-corrected chi connectivity index (χ3v) is 4.31. The van der Waals surface area contributed by atoms with Crippen LogP contribution in [-0.2, 0) is 0 Å². The molecule has 2 N–H and O–H groups in total. The maximum Gasteiger partial charge on any atom is 0.154 e. The minimum atomic E-state index is 0.278. The molecule has 1 aliphatic carbocycles. The molecule has 2 aromatic rings. The summed E-state index contributed by atoms with van der Waals surface area (Å²) in [6, 6.07) is 3.99. The molecule has 5 nitrogen and oxygen atoms in total. The van der Waals surface area contributed by atoms with E-state index in [2.05, 4.69) is 28.4 Å². The summed E-state index contributed by atoms with van der Waals surface area (Å²) in [4.78, 5) is 4.45. The second-order valence-electron chi connectivity index (χ2n) is 5.96. The molecule has 0 fully saturated rings. The Labute approximate surface area is 131 Å². The van der Waals surface area contributed by atoms with Crippen LogP contribution in [0.15, 0.2) is 24.4 Å². The summed E-state index contributed by atoms with van der Waals surface area (Å²) in [5.74, 6) is 1.30. The molecule has 2 aromatic heterocycles. The number of imidazole rings is 1. The van der Waals surface area contributed by atoms with Crippen LogP contribution in [-0.4, -0.2) is 32.9 Å². The highest BCUT2D eigenvalue weighted by atomic mass is 16.3. The Morgan fingerprint density at radius 2 is 2.32 bits per heavy atom. The molecule has 1 unspecified atom stereocenters. The number of hydrogen-bond acceptors (Lipinski definition) is 4. The molecule has 1 aliphatic rings. The molecule has 1 atom stereocenters. The van der Waals surface area contributed by atoms with Crippen molar-refractivity contribution in [3.63, 3.8) is 0 Å². The van der Waals surface area contributed by atoms with Crippen LogP contribution in [0.25, 0.3) is 11.2 Å². The van der Waals surface area contributed by atoms with E-state index in [4.69, 9.17) is 0 Å². The molecule has 0 aromatic carbocycles. The molecule has 0 aliphatic heterocycles. The normalized spacial score (nSPS) is 18.5. The summed E-state index contributed by atoms with van der Waals surface area (Å²) in [5.41, 5.74) is 3.24. The highest BCUT2D eigenvalue weighted by molar-refractivity contribution is 5.66. The lowest BCUT2D eigenvalue weighted by Gasteiger charge is -2.19. The zero-order valence-electron chi connectivity index (χ0n) is 13.1.